The molecule has 1 saturated carbocycles. The van der Waals surface area contributed by atoms with Gasteiger partial charge in [0.2, 0.25) is 5.91 Å². The Kier molecular flexibility index (Phi) is 7.37. The van der Waals surface area contributed by atoms with Crippen LogP contribution in [-0.4, -0.2) is 18.0 Å². The Morgan fingerprint density at radius 2 is 1.82 bits per heavy atom. The van der Waals surface area contributed by atoms with Crippen LogP contribution in [0.3, 0.4) is 0 Å². The zero-order valence-corrected chi connectivity index (χ0v) is 14.5. The predicted octanol–water partition coefficient (Wildman–Crippen LogP) is 3.55. The summed E-state index contributed by atoms with van der Waals surface area (Å²) in [5, 5.41) is 3.00. The van der Waals surface area contributed by atoms with Gasteiger partial charge >= 0.3 is 0 Å². The first-order valence-electron chi connectivity index (χ1n) is 8.17. The van der Waals surface area contributed by atoms with Crippen molar-refractivity contribution < 1.29 is 4.79 Å². The number of carbonyl (C=O) groups excluding carboxylic acids is 1. The maximum absolute atomic E-state index is 12.1. The minimum absolute atomic E-state index is 0. The number of amides is 1. The summed E-state index contributed by atoms with van der Waals surface area (Å²) in [5.41, 5.74) is 8.23. The molecule has 22 heavy (non-hydrogen) atoms. The minimum atomic E-state index is -0.598. The van der Waals surface area contributed by atoms with E-state index in [0.717, 1.165) is 38.5 Å². The number of halogens is 1. The molecule has 3 nitrogen and oxygen atoms in total. The fourth-order valence-corrected chi connectivity index (χ4v) is 2.97. The van der Waals surface area contributed by atoms with Gasteiger partial charge in [-0.15, -0.1) is 12.4 Å². The van der Waals surface area contributed by atoms with Crippen molar-refractivity contribution in [2.75, 3.05) is 6.54 Å². The zero-order chi connectivity index (χ0) is 15.3. The zero-order valence-electron chi connectivity index (χ0n) is 13.7. The van der Waals surface area contributed by atoms with Crippen molar-refractivity contribution in [2.45, 2.75) is 63.8 Å². The van der Waals surface area contributed by atoms with Crippen molar-refractivity contribution in [3.8, 4) is 0 Å². The summed E-state index contributed by atoms with van der Waals surface area (Å²) in [4.78, 5) is 12.1. The molecule has 0 saturated heterocycles. The Hall–Kier alpha value is -1.06. The van der Waals surface area contributed by atoms with E-state index < -0.39 is 5.54 Å². The number of nitrogens with one attached hydrogen (secondary N) is 1. The first-order chi connectivity index (χ1) is 10.0. The lowest BCUT2D eigenvalue weighted by molar-refractivity contribution is -0.126. The standard InChI is InChI=1S/C18H28N2O.ClH/c1-14(2)16-9-7-15(8-10-16)6-5-13-20-17(21)18(19)11-3-4-12-18;/h7-10,14H,3-6,11-13,19H2,1-2H3,(H,20,21);1H. The van der Waals surface area contributed by atoms with Gasteiger partial charge < -0.3 is 11.1 Å². The fourth-order valence-electron chi connectivity index (χ4n) is 2.97. The Labute approximate surface area is 140 Å². The van der Waals surface area contributed by atoms with Crippen LogP contribution in [0, 0.1) is 0 Å². The number of rotatable bonds is 6. The Morgan fingerprint density at radius 3 is 2.36 bits per heavy atom. The van der Waals surface area contributed by atoms with E-state index in [4.69, 9.17) is 5.73 Å². The number of carbonyl (C=O) groups is 1. The van der Waals surface area contributed by atoms with Crippen LogP contribution in [0.5, 0.6) is 0 Å². The monoisotopic (exact) mass is 324 g/mol. The maximum atomic E-state index is 12.1. The number of nitrogens with two attached hydrogens (primary N) is 1. The quantitative estimate of drug-likeness (QED) is 0.786. The first-order valence-corrected chi connectivity index (χ1v) is 8.17. The molecule has 0 atom stereocenters. The molecule has 3 N–H and O–H groups in total. The van der Waals surface area contributed by atoms with Crippen LogP contribution < -0.4 is 11.1 Å². The molecule has 0 aliphatic heterocycles. The third kappa shape index (κ3) is 4.99. The van der Waals surface area contributed by atoms with E-state index in [1.807, 2.05) is 0 Å². The molecule has 0 radical (unpaired) electrons. The van der Waals surface area contributed by atoms with Crippen LogP contribution >= 0.6 is 12.4 Å². The highest BCUT2D eigenvalue weighted by molar-refractivity contribution is 5.86. The summed E-state index contributed by atoms with van der Waals surface area (Å²) in [6.45, 7) is 5.12. The Bertz CT molecular complexity index is 464. The van der Waals surface area contributed by atoms with Crippen molar-refractivity contribution >= 4 is 18.3 Å². The smallest absolute Gasteiger partial charge is 0.240 e. The predicted molar refractivity (Wildman–Crippen MR) is 94.5 cm³/mol. The Balaban J connectivity index is 0.00000242. The summed E-state index contributed by atoms with van der Waals surface area (Å²) < 4.78 is 0. The van der Waals surface area contributed by atoms with Gasteiger partial charge in [-0.2, -0.15) is 0 Å². The van der Waals surface area contributed by atoms with Crippen LogP contribution in [-0.2, 0) is 11.2 Å². The van der Waals surface area contributed by atoms with E-state index in [9.17, 15) is 4.79 Å². The minimum Gasteiger partial charge on any atom is -0.354 e. The molecule has 1 aliphatic carbocycles. The number of benzene rings is 1. The van der Waals surface area contributed by atoms with Gasteiger partial charge in [0, 0.05) is 6.54 Å². The second-order valence-corrected chi connectivity index (χ2v) is 6.62. The van der Waals surface area contributed by atoms with Crippen molar-refractivity contribution in [1.82, 2.24) is 5.32 Å². The van der Waals surface area contributed by atoms with Crippen LogP contribution in [0.1, 0.15) is 63.0 Å². The molecule has 124 valence electrons. The van der Waals surface area contributed by atoms with Crippen LogP contribution in [0.2, 0.25) is 0 Å². The molecule has 1 aromatic carbocycles. The third-order valence-electron chi connectivity index (χ3n) is 4.52. The van der Waals surface area contributed by atoms with Gasteiger partial charge in [-0.05, 0) is 42.7 Å². The van der Waals surface area contributed by atoms with E-state index in [-0.39, 0.29) is 18.3 Å². The van der Waals surface area contributed by atoms with Gasteiger partial charge in [0.25, 0.3) is 0 Å². The van der Waals surface area contributed by atoms with E-state index in [2.05, 4.69) is 43.4 Å². The summed E-state index contributed by atoms with van der Waals surface area (Å²) in [6, 6.07) is 8.79. The highest BCUT2D eigenvalue weighted by atomic mass is 35.5. The molecule has 1 amide bonds. The van der Waals surface area contributed by atoms with Gasteiger partial charge in [-0.25, -0.2) is 0 Å². The highest BCUT2D eigenvalue weighted by Gasteiger charge is 2.36. The second kappa shape index (κ2) is 8.54. The lowest BCUT2D eigenvalue weighted by atomic mass is 9.98. The van der Waals surface area contributed by atoms with Crippen molar-refractivity contribution in [3.05, 3.63) is 35.4 Å². The summed E-state index contributed by atoms with van der Waals surface area (Å²) >= 11 is 0. The van der Waals surface area contributed by atoms with E-state index in [1.165, 1.54) is 11.1 Å². The highest BCUT2D eigenvalue weighted by Crippen LogP contribution is 2.27. The summed E-state index contributed by atoms with van der Waals surface area (Å²) in [5.74, 6) is 0.612. The largest absolute Gasteiger partial charge is 0.354 e. The third-order valence-corrected chi connectivity index (χ3v) is 4.52. The molecule has 4 heteroatoms. The normalized spacial score (nSPS) is 16.4. The van der Waals surface area contributed by atoms with Crippen LogP contribution in [0.25, 0.3) is 0 Å². The molecule has 0 bridgehead atoms. The number of hydrogen-bond donors (Lipinski definition) is 2. The number of aryl methyl sites for hydroxylation is 1. The lowest BCUT2D eigenvalue weighted by Gasteiger charge is -2.22. The maximum Gasteiger partial charge on any atom is 0.240 e. The summed E-state index contributed by atoms with van der Waals surface area (Å²) in [7, 11) is 0. The SMILES string of the molecule is CC(C)c1ccc(CCCNC(=O)C2(N)CCCC2)cc1.Cl. The average Bonchev–Trinajstić information content (AvgIpc) is 2.92. The van der Waals surface area contributed by atoms with Gasteiger partial charge in [-0.3, -0.25) is 4.79 Å². The van der Waals surface area contributed by atoms with Crippen LogP contribution in [0.15, 0.2) is 24.3 Å². The molecular formula is C18H29ClN2O. The van der Waals surface area contributed by atoms with Crippen LogP contribution in [0.4, 0.5) is 0 Å². The molecule has 0 spiro atoms. The topological polar surface area (TPSA) is 55.1 Å². The molecule has 0 unspecified atom stereocenters. The molecule has 0 heterocycles. The number of hydrogen-bond acceptors (Lipinski definition) is 2. The molecular weight excluding hydrogens is 296 g/mol. The summed E-state index contributed by atoms with van der Waals surface area (Å²) in [6.07, 6.45) is 5.77. The molecule has 2 rings (SSSR count). The Morgan fingerprint density at radius 1 is 1.23 bits per heavy atom. The van der Waals surface area contributed by atoms with E-state index in [1.54, 1.807) is 0 Å². The molecule has 0 aromatic heterocycles. The molecule has 1 aromatic rings. The van der Waals surface area contributed by atoms with Gasteiger partial charge in [-0.1, -0.05) is 51.0 Å². The lowest BCUT2D eigenvalue weighted by Crippen LogP contribution is -2.52. The van der Waals surface area contributed by atoms with Gasteiger partial charge in [0.05, 0.1) is 5.54 Å². The van der Waals surface area contributed by atoms with E-state index in [0.29, 0.717) is 12.5 Å². The second-order valence-electron chi connectivity index (χ2n) is 6.62. The molecule has 1 aliphatic rings. The first kappa shape index (κ1) is 19.0. The van der Waals surface area contributed by atoms with Crippen molar-refractivity contribution in [2.24, 2.45) is 5.73 Å². The van der Waals surface area contributed by atoms with Gasteiger partial charge in [0.1, 0.15) is 0 Å². The average molecular weight is 325 g/mol. The molecule has 1 fully saturated rings. The fraction of sp³-hybridized carbons (Fsp3) is 0.611. The van der Waals surface area contributed by atoms with Gasteiger partial charge in [0.15, 0.2) is 0 Å². The van der Waals surface area contributed by atoms with Crippen molar-refractivity contribution in [1.29, 1.82) is 0 Å². The van der Waals surface area contributed by atoms with E-state index >= 15 is 0 Å². The van der Waals surface area contributed by atoms with Crippen molar-refractivity contribution in [3.63, 3.8) is 0 Å².